The topological polar surface area (TPSA) is 119 Å². The van der Waals surface area contributed by atoms with Crippen LogP contribution in [0.5, 0.6) is 5.75 Å². The Bertz CT molecular complexity index is 1990. The van der Waals surface area contributed by atoms with Crippen LogP contribution in [0.1, 0.15) is 80.4 Å². The fourth-order valence-electron chi connectivity index (χ4n) is 9.49. The number of hydrogen-bond donors (Lipinski definition) is 2. The Hall–Kier alpha value is -5.09. The van der Waals surface area contributed by atoms with E-state index in [0.29, 0.717) is 55.9 Å². The van der Waals surface area contributed by atoms with Crippen molar-refractivity contribution in [2.75, 3.05) is 50.7 Å². The van der Waals surface area contributed by atoms with E-state index < -0.39 is 5.41 Å². The van der Waals surface area contributed by atoms with Crippen molar-refractivity contribution in [3.63, 3.8) is 0 Å². The number of anilines is 1. The van der Waals surface area contributed by atoms with Crippen LogP contribution in [0.4, 0.5) is 5.69 Å². The van der Waals surface area contributed by atoms with Gasteiger partial charge in [0, 0.05) is 44.7 Å². The average molecular weight is 727 g/mol. The molecule has 0 radical (unpaired) electrons. The summed E-state index contributed by atoms with van der Waals surface area (Å²) in [5, 5.41) is 21.5. The number of nitrogens with one attached hydrogen (secondary N) is 1. The van der Waals surface area contributed by atoms with Crippen molar-refractivity contribution in [3.8, 4) is 17.0 Å². The number of benzene rings is 3. The molecule has 0 bridgehead atoms. The summed E-state index contributed by atoms with van der Waals surface area (Å²) >= 11 is 0. The molecule has 5 heterocycles. The number of aromatic hydroxyl groups is 1. The molecular formula is C44H50N6O4. The zero-order valence-corrected chi connectivity index (χ0v) is 31.1. The van der Waals surface area contributed by atoms with Crippen molar-refractivity contribution in [1.29, 1.82) is 0 Å². The first-order valence-corrected chi connectivity index (χ1v) is 19.6. The van der Waals surface area contributed by atoms with Gasteiger partial charge in [-0.3, -0.25) is 19.7 Å². The fraction of sp³-hybridized carbons (Fsp3) is 0.432. The number of carbonyl (C=O) groups excluding carboxylic acids is 3. The SMILES string of the molecule is CC1(CN2CCC(c3ccc([C@H]4CCC(=O)NC4=O)cc3)CC2)CCN(C(=O)C2(c3ccccc3)CCN(c3cnnc(-c4ccccc4O)c3)CC2)C1. The first-order valence-electron chi connectivity index (χ1n) is 19.6. The molecule has 3 aromatic carbocycles. The highest BCUT2D eigenvalue weighted by molar-refractivity contribution is 6.00. The van der Waals surface area contributed by atoms with Crippen molar-refractivity contribution in [1.82, 2.24) is 25.3 Å². The molecular weight excluding hydrogens is 677 g/mol. The van der Waals surface area contributed by atoms with Crippen LogP contribution in [-0.2, 0) is 19.8 Å². The highest BCUT2D eigenvalue weighted by Crippen LogP contribution is 2.42. The second-order valence-electron chi connectivity index (χ2n) is 16.3. The average Bonchev–Trinajstić information content (AvgIpc) is 3.59. The van der Waals surface area contributed by atoms with Gasteiger partial charge in [-0.25, -0.2) is 0 Å². The van der Waals surface area contributed by atoms with Gasteiger partial charge >= 0.3 is 0 Å². The molecule has 4 aliphatic heterocycles. The molecule has 4 fully saturated rings. The molecule has 1 aromatic heterocycles. The van der Waals surface area contributed by atoms with Gasteiger partial charge in [-0.2, -0.15) is 10.2 Å². The second-order valence-corrected chi connectivity index (χ2v) is 16.3. The lowest BCUT2D eigenvalue weighted by molar-refractivity contribution is -0.138. The molecule has 2 atom stereocenters. The third-order valence-corrected chi connectivity index (χ3v) is 12.6. The quantitative estimate of drug-likeness (QED) is 0.212. The number of para-hydroxylation sites is 1. The number of rotatable bonds is 8. The van der Waals surface area contributed by atoms with Gasteiger partial charge < -0.3 is 19.8 Å². The van der Waals surface area contributed by atoms with Gasteiger partial charge in [0.2, 0.25) is 17.7 Å². The number of phenolic OH excluding ortho intramolecular Hbond substituents is 1. The summed E-state index contributed by atoms with van der Waals surface area (Å²) in [7, 11) is 0. The van der Waals surface area contributed by atoms with Crippen molar-refractivity contribution >= 4 is 23.4 Å². The van der Waals surface area contributed by atoms with E-state index in [0.717, 1.165) is 68.8 Å². The first kappa shape index (κ1) is 35.9. The van der Waals surface area contributed by atoms with E-state index in [1.54, 1.807) is 18.3 Å². The molecule has 0 aliphatic carbocycles. The smallest absolute Gasteiger partial charge is 0.234 e. The first-order chi connectivity index (χ1) is 26.2. The van der Waals surface area contributed by atoms with E-state index in [9.17, 15) is 19.5 Å². The molecule has 10 nitrogen and oxygen atoms in total. The Labute approximate surface area is 317 Å². The molecule has 4 aliphatic rings. The molecule has 10 heteroatoms. The number of hydrogen-bond acceptors (Lipinski definition) is 8. The van der Waals surface area contributed by atoms with Crippen LogP contribution < -0.4 is 10.2 Å². The monoisotopic (exact) mass is 726 g/mol. The number of piperidine rings is 3. The van der Waals surface area contributed by atoms with Crippen molar-refractivity contribution < 1.29 is 19.5 Å². The minimum atomic E-state index is -0.587. The Balaban J connectivity index is 0.890. The van der Waals surface area contributed by atoms with Gasteiger partial charge in [-0.1, -0.05) is 73.7 Å². The van der Waals surface area contributed by atoms with Crippen LogP contribution >= 0.6 is 0 Å². The maximum Gasteiger partial charge on any atom is 0.234 e. The van der Waals surface area contributed by atoms with E-state index >= 15 is 0 Å². The van der Waals surface area contributed by atoms with Crippen LogP contribution in [0.15, 0.2) is 91.1 Å². The van der Waals surface area contributed by atoms with Crippen molar-refractivity contribution in [3.05, 3.63) is 108 Å². The molecule has 54 heavy (non-hydrogen) atoms. The summed E-state index contributed by atoms with van der Waals surface area (Å²) in [6, 6.07) is 28.0. The van der Waals surface area contributed by atoms with E-state index in [1.807, 2.05) is 36.4 Å². The van der Waals surface area contributed by atoms with Crippen LogP contribution in [0.2, 0.25) is 0 Å². The lowest BCUT2D eigenvalue weighted by Crippen LogP contribution is -2.53. The second kappa shape index (κ2) is 15.0. The summed E-state index contributed by atoms with van der Waals surface area (Å²) < 4.78 is 0. The van der Waals surface area contributed by atoms with Gasteiger partial charge in [0.05, 0.1) is 28.9 Å². The van der Waals surface area contributed by atoms with Crippen LogP contribution in [0, 0.1) is 5.41 Å². The van der Waals surface area contributed by atoms with Crippen molar-refractivity contribution in [2.45, 2.75) is 69.1 Å². The third-order valence-electron chi connectivity index (χ3n) is 12.6. The van der Waals surface area contributed by atoms with Gasteiger partial charge in [-0.05, 0) is 97.8 Å². The molecule has 0 saturated carbocycles. The molecule has 280 valence electrons. The number of aromatic nitrogens is 2. The van der Waals surface area contributed by atoms with E-state index in [-0.39, 0.29) is 34.8 Å². The van der Waals surface area contributed by atoms with E-state index in [2.05, 4.69) is 73.5 Å². The predicted molar refractivity (Wildman–Crippen MR) is 208 cm³/mol. The Morgan fingerprint density at radius 1 is 0.852 bits per heavy atom. The molecule has 4 saturated heterocycles. The summed E-state index contributed by atoms with van der Waals surface area (Å²) in [5.41, 5.74) is 5.07. The molecule has 2 N–H and O–H groups in total. The van der Waals surface area contributed by atoms with E-state index in [4.69, 9.17) is 0 Å². The fourth-order valence-corrected chi connectivity index (χ4v) is 9.49. The normalized spacial score (nSPS) is 23.7. The Kier molecular flexibility index (Phi) is 9.96. The minimum absolute atomic E-state index is 0.0345. The van der Waals surface area contributed by atoms with Gasteiger partial charge in [-0.15, -0.1) is 0 Å². The zero-order valence-electron chi connectivity index (χ0n) is 31.1. The number of nitrogens with zero attached hydrogens (tertiary/aromatic N) is 5. The number of imide groups is 1. The van der Waals surface area contributed by atoms with Gasteiger partial charge in [0.15, 0.2) is 0 Å². The highest BCUT2D eigenvalue weighted by Gasteiger charge is 2.48. The number of likely N-dealkylation sites (tertiary alicyclic amines) is 2. The summed E-state index contributed by atoms with van der Waals surface area (Å²) in [6.07, 6.45) is 7.33. The third kappa shape index (κ3) is 7.23. The molecule has 0 spiro atoms. The number of amides is 3. The van der Waals surface area contributed by atoms with Gasteiger partial charge in [0.1, 0.15) is 5.75 Å². The maximum atomic E-state index is 14.8. The number of phenols is 1. The maximum absolute atomic E-state index is 14.8. The lowest BCUT2D eigenvalue weighted by Gasteiger charge is -2.44. The molecule has 1 unspecified atom stereocenters. The lowest BCUT2D eigenvalue weighted by atomic mass is 9.71. The Morgan fingerprint density at radius 3 is 2.28 bits per heavy atom. The Morgan fingerprint density at radius 2 is 1.56 bits per heavy atom. The predicted octanol–water partition coefficient (Wildman–Crippen LogP) is 6.03. The molecule has 8 rings (SSSR count). The molecule has 3 amide bonds. The summed E-state index contributed by atoms with van der Waals surface area (Å²) in [6.45, 7) is 8.38. The molecule has 4 aromatic rings. The number of carbonyl (C=O) groups is 3. The highest BCUT2D eigenvalue weighted by atomic mass is 16.3. The zero-order chi connectivity index (χ0) is 37.3. The minimum Gasteiger partial charge on any atom is -0.507 e. The van der Waals surface area contributed by atoms with Crippen LogP contribution in [0.25, 0.3) is 11.3 Å². The summed E-state index contributed by atoms with van der Waals surface area (Å²) in [4.78, 5) is 45.8. The summed E-state index contributed by atoms with van der Waals surface area (Å²) in [5.74, 6) is 0.299. The van der Waals surface area contributed by atoms with Crippen molar-refractivity contribution in [2.24, 2.45) is 5.41 Å². The van der Waals surface area contributed by atoms with E-state index in [1.165, 1.54) is 5.56 Å². The van der Waals surface area contributed by atoms with Crippen LogP contribution in [-0.4, -0.2) is 88.6 Å². The standard InChI is InChI=1S/C44H50N6O4/c1-43(29-48-22-17-32(18-23-48)31-11-13-33(14-12-31)36-15-16-40(52)46-41(36)53)19-24-50(30-43)42(54)44(34-7-3-2-4-8-34)20-25-49(26-21-44)35-27-38(47-45-28-35)37-9-5-6-10-39(37)51/h2-14,27-28,32,36,51H,15-26,29-30H2,1H3,(H,46,52,53)/t36-,43?/m1/s1. The van der Waals surface area contributed by atoms with Crippen LogP contribution in [0.3, 0.4) is 0 Å². The largest absolute Gasteiger partial charge is 0.507 e. The van der Waals surface area contributed by atoms with Gasteiger partial charge in [0.25, 0.3) is 0 Å².